The lowest BCUT2D eigenvalue weighted by Gasteiger charge is -2.23. The van der Waals surface area contributed by atoms with E-state index in [1.54, 1.807) is 9.47 Å². The van der Waals surface area contributed by atoms with Crippen LogP contribution in [-0.2, 0) is 10.2 Å². The predicted octanol–water partition coefficient (Wildman–Crippen LogP) is 4.61. The Bertz CT molecular complexity index is 1760. The maximum atomic E-state index is 14.2. The summed E-state index contributed by atoms with van der Waals surface area (Å²) in [7, 11) is 2.00. The number of para-hydroxylation sites is 3. The number of fused-ring (bicyclic) bond motifs is 1. The Morgan fingerprint density at radius 2 is 1.41 bits per heavy atom. The molecule has 0 spiro atoms. The molecule has 2 aliphatic rings. The predicted molar refractivity (Wildman–Crippen MR) is 158 cm³/mol. The van der Waals surface area contributed by atoms with Crippen LogP contribution < -0.4 is 24.6 Å². The number of hydrogen-bond donors (Lipinski definition) is 0. The largest absolute Gasteiger partial charge is 0.346 e. The van der Waals surface area contributed by atoms with E-state index >= 15 is 0 Å². The highest BCUT2D eigenvalue weighted by atomic mass is 32.2. The van der Waals surface area contributed by atoms with Gasteiger partial charge in [0.1, 0.15) is 14.1 Å². The summed E-state index contributed by atoms with van der Waals surface area (Å²) in [5.74, 6) is -0.217. The Morgan fingerprint density at radius 3 is 2.05 bits per heavy atom. The summed E-state index contributed by atoms with van der Waals surface area (Å²) < 4.78 is 3.32. The van der Waals surface area contributed by atoms with Gasteiger partial charge in [-0.2, -0.15) is 0 Å². The first kappa shape index (κ1) is 23.9. The molecule has 4 aromatic rings. The van der Waals surface area contributed by atoms with Crippen molar-refractivity contribution >= 4 is 67.5 Å². The van der Waals surface area contributed by atoms with Gasteiger partial charge in [0.2, 0.25) is 0 Å². The van der Waals surface area contributed by atoms with Crippen LogP contribution in [0.25, 0.3) is 16.3 Å². The van der Waals surface area contributed by atoms with E-state index in [4.69, 9.17) is 12.2 Å². The minimum Gasteiger partial charge on any atom is -0.346 e. The number of hydrogen-bond acceptors (Lipinski definition) is 6. The highest BCUT2D eigenvalue weighted by Gasteiger charge is 2.41. The average molecular weight is 542 g/mol. The second-order valence-corrected chi connectivity index (χ2v) is 12.1. The number of carbonyl (C=O) groups is 1. The molecule has 0 bridgehead atoms. The summed E-state index contributed by atoms with van der Waals surface area (Å²) >= 11 is 8.24. The summed E-state index contributed by atoms with van der Waals surface area (Å²) in [6.45, 7) is 4.29. The number of benzene rings is 3. The highest BCUT2D eigenvalue weighted by molar-refractivity contribution is 8.31. The molecule has 6 rings (SSSR count). The topological polar surface area (TPSA) is 45.5 Å². The molecule has 2 aliphatic heterocycles. The van der Waals surface area contributed by atoms with Crippen molar-refractivity contribution in [3.63, 3.8) is 0 Å². The first-order chi connectivity index (χ1) is 17.8. The molecule has 0 unspecified atom stereocenters. The van der Waals surface area contributed by atoms with Crippen molar-refractivity contribution in [2.24, 2.45) is 0 Å². The zero-order chi connectivity index (χ0) is 25.9. The molecule has 3 heterocycles. The van der Waals surface area contributed by atoms with Gasteiger partial charge in [0.15, 0.2) is 4.32 Å². The lowest BCUT2D eigenvalue weighted by molar-refractivity contribution is -0.112. The quantitative estimate of drug-likeness (QED) is 0.347. The molecule has 3 aromatic carbocycles. The Morgan fingerprint density at radius 1 is 0.811 bits per heavy atom. The van der Waals surface area contributed by atoms with Crippen LogP contribution in [0.1, 0.15) is 19.4 Å². The van der Waals surface area contributed by atoms with Crippen LogP contribution in [0.3, 0.4) is 0 Å². The third kappa shape index (κ3) is 3.62. The molecular formula is C29H23N3O2S3. The summed E-state index contributed by atoms with van der Waals surface area (Å²) in [6.07, 6.45) is 0. The number of amides is 1. The van der Waals surface area contributed by atoms with Crippen LogP contribution in [0, 0.1) is 0 Å². The molecule has 1 aromatic heterocycles. The summed E-state index contributed by atoms with van der Waals surface area (Å²) in [5.41, 5.74) is 4.09. The number of rotatable bonds is 2. The first-order valence-electron chi connectivity index (χ1n) is 11.8. The number of thiocarbonyl (C=S) groups is 1. The van der Waals surface area contributed by atoms with Gasteiger partial charge in [-0.1, -0.05) is 92.4 Å². The highest BCUT2D eigenvalue weighted by Crippen LogP contribution is 2.47. The molecule has 0 N–H and O–H groups in total. The maximum Gasteiger partial charge on any atom is 0.275 e. The molecule has 0 saturated carbocycles. The second kappa shape index (κ2) is 8.83. The van der Waals surface area contributed by atoms with Crippen molar-refractivity contribution in [1.82, 2.24) is 4.57 Å². The molecule has 1 amide bonds. The number of anilines is 2. The normalized spacial score (nSPS) is 19.5. The zero-order valence-corrected chi connectivity index (χ0v) is 22.9. The van der Waals surface area contributed by atoms with Crippen molar-refractivity contribution in [2.45, 2.75) is 19.3 Å². The molecular weight excluding hydrogens is 519 g/mol. The van der Waals surface area contributed by atoms with Gasteiger partial charge in [-0.3, -0.25) is 19.1 Å². The number of aromatic nitrogens is 1. The molecule has 8 heteroatoms. The number of nitrogens with zero attached hydrogens (tertiary/aromatic N) is 3. The fourth-order valence-electron chi connectivity index (χ4n) is 5.18. The molecule has 0 aliphatic carbocycles. The van der Waals surface area contributed by atoms with E-state index in [0.717, 1.165) is 11.4 Å². The van der Waals surface area contributed by atoms with Gasteiger partial charge in [-0.15, -0.1) is 11.3 Å². The number of thiazole rings is 1. The Hall–Kier alpha value is -3.46. The number of likely N-dealkylation sites (N-methyl/N-ethyl adjacent to an activating group) is 1. The van der Waals surface area contributed by atoms with Gasteiger partial charge < -0.3 is 4.90 Å². The molecule has 1 fully saturated rings. The van der Waals surface area contributed by atoms with Crippen molar-refractivity contribution < 1.29 is 4.79 Å². The van der Waals surface area contributed by atoms with Gasteiger partial charge >= 0.3 is 0 Å². The number of carbonyl (C=O) groups excluding carboxylic acids is 1. The van der Waals surface area contributed by atoms with Gasteiger partial charge in [-0.05, 0) is 35.9 Å². The Balaban J connectivity index is 1.68. The lowest BCUT2D eigenvalue weighted by atomic mass is 9.84. The van der Waals surface area contributed by atoms with Crippen LogP contribution in [0.5, 0.6) is 0 Å². The van der Waals surface area contributed by atoms with E-state index in [2.05, 4.69) is 30.9 Å². The standard InChI is InChI=1S/C29H23N3O2S3/c1-29(2)20-16-10-11-17-21(20)30(3)24(29)22-25(33)31(18-12-6-4-7-13-18)27(36-22)23-26(34)32(28(35)37-23)19-14-8-5-9-15-19/h4-17H,1-3H3. The van der Waals surface area contributed by atoms with Crippen molar-refractivity contribution in [3.8, 4) is 5.69 Å². The summed E-state index contributed by atoms with van der Waals surface area (Å²) in [4.78, 5) is 32.1. The molecule has 0 atom stereocenters. The smallest absolute Gasteiger partial charge is 0.275 e. The van der Waals surface area contributed by atoms with Crippen LogP contribution in [0.4, 0.5) is 11.4 Å². The van der Waals surface area contributed by atoms with Crippen molar-refractivity contribution in [1.29, 1.82) is 0 Å². The van der Waals surface area contributed by atoms with E-state index in [-0.39, 0.29) is 16.9 Å². The van der Waals surface area contributed by atoms with Crippen LogP contribution in [-0.4, -0.2) is 21.8 Å². The fourth-order valence-corrected chi connectivity index (χ4v) is 8.00. The second-order valence-electron chi connectivity index (χ2n) is 9.44. The Labute approximate surface area is 228 Å². The van der Waals surface area contributed by atoms with Gasteiger partial charge in [0.05, 0.1) is 17.1 Å². The zero-order valence-electron chi connectivity index (χ0n) is 20.5. The van der Waals surface area contributed by atoms with Crippen molar-refractivity contribution in [2.75, 3.05) is 16.8 Å². The molecule has 184 valence electrons. The van der Waals surface area contributed by atoms with Crippen LogP contribution >= 0.6 is 35.3 Å². The molecule has 5 nitrogen and oxygen atoms in total. The van der Waals surface area contributed by atoms with E-state index in [0.29, 0.717) is 29.8 Å². The molecule has 0 radical (unpaired) electrons. The summed E-state index contributed by atoms with van der Waals surface area (Å²) in [6, 6.07) is 27.1. The molecule has 37 heavy (non-hydrogen) atoms. The van der Waals surface area contributed by atoms with E-state index in [1.807, 2.05) is 79.8 Å². The minimum atomic E-state index is -0.385. The van der Waals surface area contributed by atoms with E-state index < -0.39 is 0 Å². The van der Waals surface area contributed by atoms with Crippen LogP contribution in [0.15, 0.2) is 89.7 Å². The van der Waals surface area contributed by atoms with Crippen LogP contribution in [0.2, 0.25) is 0 Å². The van der Waals surface area contributed by atoms with Gasteiger partial charge in [-0.25, -0.2) is 0 Å². The van der Waals surface area contributed by atoms with Gasteiger partial charge in [0.25, 0.3) is 11.5 Å². The maximum absolute atomic E-state index is 14.2. The fraction of sp³-hybridized carbons (Fsp3) is 0.138. The van der Waals surface area contributed by atoms with E-state index in [1.165, 1.54) is 28.7 Å². The minimum absolute atomic E-state index is 0.140. The molecule has 1 saturated heterocycles. The summed E-state index contributed by atoms with van der Waals surface area (Å²) in [5, 5.41) is 0. The number of thioether (sulfide) groups is 1. The lowest BCUT2D eigenvalue weighted by Crippen LogP contribution is -2.37. The third-order valence-corrected chi connectivity index (χ3v) is 9.52. The Kier molecular flexibility index (Phi) is 5.71. The SMILES string of the molecule is CN1C(=c2sc(=C3SC(=S)N(c4ccccc4)C3=O)n(-c3ccccc3)c2=O)C(C)(C)c2ccccc21. The van der Waals surface area contributed by atoms with E-state index in [9.17, 15) is 9.59 Å². The monoisotopic (exact) mass is 541 g/mol. The average Bonchev–Trinajstić information content (AvgIpc) is 3.46. The van der Waals surface area contributed by atoms with Gasteiger partial charge in [0, 0.05) is 18.2 Å². The first-order valence-corrected chi connectivity index (χ1v) is 13.9. The van der Waals surface area contributed by atoms with Crippen molar-refractivity contribution in [3.05, 3.63) is 110 Å². The third-order valence-electron chi connectivity index (χ3n) is 6.87.